The van der Waals surface area contributed by atoms with Gasteiger partial charge < -0.3 is 4.79 Å². The zero-order valence-corrected chi connectivity index (χ0v) is 5.62. The number of hydrogen-bond acceptors (Lipinski definition) is 1. The second-order valence-corrected chi connectivity index (χ2v) is 1.76. The highest BCUT2D eigenvalue weighted by molar-refractivity contribution is 6.19. The van der Waals surface area contributed by atoms with Crippen molar-refractivity contribution in [1.82, 2.24) is 0 Å². The van der Waals surface area contributed by atoms with Crippen molar-refractivity contribution >= 4 is 22.1 Å². The molecule has 2 heteroatoms. The number of Topliss-reactive ketones (excluding diaryl/α,β-unsaturated/α-hetero) is 1. The van der Waals surface area contributed by atoms with Crippen molar-refractivity contribution in [2.45, 2.75) is 12.2 Å². The van der Waals surface area contributed by atoms with E-state index in [2.05, 4.69) is 0 Å². The minimum absolute atomic E-state index is 0.316. The average Bonchev–Trinajstić information content (AvgIpc) is 1.38. The zero-order chi connectivity index (χ0) is 4.28. The molecule has 28 valence electrons. The van der Waals surface area contributed by atoms with Gasteiger partial charge in [0.15, 0.2) is 0 Å². The maximum absolute atomic E-state index is 9.85. The lowest BCUT2D eigenvalue weighted by Gasteiger charge is -1.70. The first-order chi connectivity index (χ1) is 2.27. The van der Waals surface area contributed by atoms with Gasteiger partial charge in [0, 0.05) is 0 Å². The first kappa shape index (κ1) is 5.20. The third kappa shape index (κ3) is 4.20. The molecule has 0 rings (SSSR count). The van der Waals surface area contributed by atoms with E-state index in [1.165, 1.54) is 0 Å². The van der Waals surface area contributed by atoms with E-state index in [4.69, 9.17) is 0 Å². The summed E-state index contributed by atoms with van der Waals surface area (Å²) < 4.78 is 0. The van der Waals surface area contributed by atoms with Gasteiger partial charge in [0.25, 0.3) is 0 Å². The van der Waals surface area contributed by atoms with E-state index in [-0.39, 0.29) is 0 Å². The van der Waals surface area contributed by atoms with Crippen LogP contribution in [0.2, 0.25) is 5.28 Å². The number of ketones is 1. The van der Waals surface area contributed by atoms with Crippen LogP contribution in [0.4, 0.5) is 0 Å². The van der Waals surface area contributed by atoms with Crippen LogP contribution in [0.1, 0.15) is 6.92 Å². The molecule has 0 aromatic heterocycles. The Kier molecular flexibility index (Phi) is 2.54. The van der Waals surface area contributed by atoms with E-state index in [9.17, 15) is 4.79 Å². The summed E-state index contributed by atoms with van der Waals surface area (Å²) in [5, 5.41) is 0.806. The molecule has 5 heavy (non-hydrogen) atoms. The summed E-state index contributed by atoms with van der Waals surface area (Å²) >= 11 is 1.02. The highest BCUT2D eigenvalue weighted by Gasteiger charge is 1.77. The Bertz CT molecular complexity index is 42.2. The zero-order valence-electron chi connectivity index (χ0n) is 3.62. The number of carbonyl (C=O) groups excluding carboxylic acids is 1. The molecule has 0 heterocycles. The molecule has 0 unspecified atom stereocenters. The first-order valence-electron chi connectivity index (χ1n) is 1.76. The fraction of sp³-hybridized carbons (Fsp3) is 0.667. The Morgan fingerprint density at radius 1 is 2.00 bits per heavy atom. The van der Waals surface area contributed by atoms with Crippen molar-refractivity contribution in [2.24, 2.45) is 0 Å². The second-order valence-electron chi connectivity index (χ2n) is 1.06. The van der Waals surface area contributed by atoms with E-state index in [0.717, 1.165) is 21.6 Å². The summed E-state index contributed by atoms with van der Waals surface area (Å²) in [6, 6.07) is 0. The molecular weight excluding hydrogens is 79.0 g/mol. The van der Waals surface area contributed by atoms with Crippen molar-refractivity contribution in [3.63, 3.8) is 0 Å². The number of carbonyl (C=O) groups is 1. The minimum Gasteiger partial charge on any atom is -0.301 e. The van der Waals surface area contributed by atoms with E-state index >= 15 is 0 Å². The summed E-state index contributed by atoms with van der Waals surface area (Å²) in [4.78, 5) is 9.85. The summed E-state index contributed by atoms with van der Waals surface area (Å²) in [5.41, 5.74) is 0. The normalized spacial score (nSPS) is 7.40. The number of hydrogen-bond donors (Lipinski definition) is 0. The molecule has 0 aliphatic carbocycles. The molecule has 0 spiro atoms. The monoisotopic (exact) mass is 86.0 g/mol. The summed E-state index contributed by atoms with van der Waals surface area (Å²) in [7, 11) is 0. The quantitative estimate of drug-likeness (QED) is 0.398. The molecule has 0 fully saturated rings. The van der Waals surface area contributed by atoms with Gasteiger partial charge >= 0.3 is 0 Å². The predicted octanol–water partition coefficient (Wildman–Crippen LogP) is -0.373. The third-order valence-electron chi connectivity index (χ3n) is 0.498. The summed E-state index contributed by atoms with van der Waals surface area (Å²) in [6.45, 7) is 1.62. The van der Waals surface area contributed by atoms with Gasteiger partial charge in [-0.1, -0.05) is 0 Å². The molecule has 1 nitrogen and oxygen atoms in total. The maximum Gasteiger partial charge on any atom is 0.223 e. The van der Waals surface area contributed by atoms with Gasteiger partial charge in [-0.2, -0.15) is 0 Å². The van der Waals surface area contributed by atoms with Gasteiger partial charge in [0.05, 0.1) is 0 Å². The van der Waals surface area contributed by atoms with Crippen molar-refractivity contribution in [3.8, 4) is 0 Å². The molecule has 0 amide bonds. The smallest absolute Gasteiger partial charge is 0.223 e. The van der Waals surface area contributed by atoms with Gasteiger partial charge in [0.1, 0.15) is 5.78 Å². The molecule has 0 saturated carbocycles. The number of rotatable bonds is 1. The van der Waals surface area contributed by atoms with Crippen molar-refractivity contribution < 1.29 is 4.79 Å². The van der Waals surface area contributed by atoms with Crippen LogP contribution in [0.15, 0.2) is 0 Å². The average molecular weight is 86.1 g/mol. The molecule has 0 aromatic rings. The highest BCUT2D eigenvalue weighted by atomic mass is 27.0. The molecule has 0 bridgehead atoms. The Morgan fingerprint density at radius 3 is 2.20 bits per heavy atom. The lowest BCUT2D eigenvalue weighted by atomic mass is 10.5. The summed E-state index contributed by atoms with van der Waals surface area (Å²) in [6.07, 6.45) is 0. The molecule has 0 aliphatic rings. The Balaban J connectivity index is 2.85. The fourth-order valence-corrected chi connectivity index (χ4v) is 0. The summed E-state index contributed by atoms with van der Waals surface area (Å²) in [5.74, 6) is 0.316. The Hall–Kier alpha value is 0.202. The van der Waals surface area contributed by atoms with Gasteiger partial charge in [-0.3, -0.25) is 0 Å². The largest absolute Gasteiger partial charge is 0.301 e. The maximum atomic E-state index is 9.85. The first-order valence-corrected chi connectivity index (χ1v) is 3.18. The van der Waals surface area contributed by atoms with Crippen molar-refractivity contribution in [3.05, 3.63) is 0 Å². The topological polar surface area (TPSA) is 17.1 Å². The highest BCUT2D eigenvalue weighted by Crippen LogP contribution is 1.68. The van der Waals surface area contributed by atoms with Crippen LogP contribution in [-0.4, -0.2) is 22.1 Å². The van der Waals surface area contributed by atoms with Gasteiger partial charge in [-0.05, 0) is 12.2 Å². The van der Waals surface area contributed by atoms with Crippen LogP contribution < -0.4 is 0 Å². The van der Waals surface area contributed by atoms with E-state index < -0.39 is 0 Å². The molecule has 0 aromatic carbocycles. The molecule has 0 atom stereocenters. The minimum atomic E-state index is 0.316. The van der Waals surface area contributed by atoms with E-state index in [1.807, 2.05) is 0 Å². The van der Waals surface area contributed by atoms with Crippen LogP contribution in [-0.2, 0) is 4.79 Å². The molecular formula is C3H7AlO. The third-order valence-corrected chi connectivity index (χ3v) is 1.49. The lowest BCUT2D eigenvalue weighted by molar-refractivity contribution is -0.114. The molecule has 0 radical (unpaired) electrons. The second kappa shape index (κ2) is 2.44. The van der Waals surface area contributed by atoms with Crippen LogP contribution in [0, 0.1) is 0 Å². The molecule has 0 saturated heterocycles. The Morgan fingerprint density at radius 2 is 2.20 bits per heavy atom. The van der Waals surface area contributed by atoms with Crippen LogP contribution in [0.5, 0.6) is 0 Å². The molecule has 0 N–H and O–H groups in total. The lowest BCUT2D eigenvalue weighted by Crippen LogP contribution is -1.83. The van der Waals surface area contributed by atoms with Crippen LogP contribution in [0.3, 0.4) is 0 Å². The van der Waals surface area contributed by atoms with E-state index in [1.54, 1.807) is 6.92 Å². The van der Waals surface area contributed by atoms with Crippen molar-refractivity contribution in [2.75, 3.05) is 0 Å². The standard InChI is InChI=1S/C3H5O.Al.2H/c1-3(2)4;;;/h1H2,2H3;;;. The van der Waals surface area contributed by atoms with Gasteiger partial charge in [-0.25, -0.2) is 0 Å². The predicted molar refractivity (Wildman–Crippen MR) is 24.0 cm³/mol. The Labute approximate surface area is 39.8 Å². The SMILES string of the molecule is CC(=O)[CH2][AlH2]. The van der Waals surface area contributed by atoms with E-state index in [0.29, 0.717) is 5.78 Å². The van der Waals surface area contributed by atoms with Gasteiger partial charge in [-0.15, -0.1) is 0 Å². The van der Waals surface area contributed by atoms with Crippen LogP contribution in [0.25, 0.3) is 0 Å². The van der Waals surface area contributed by atoms with Crippen LogP contribution >= 0.6 is 0 Å². The molecule has 0 aliphatic heterocycles. The fourth-order valence-electron chi connectivity index (χ4n) is 0. The van der Waals surface area contributed by atoms with Crippen molar-refractivity contribution in [1.29, 1.82) is 0 Å². The van der Waals surface area contributed by atoms with Gasteiger partial charge in [0.2, 0.25) is 16.3 Å².